The van der Waals surface area contributed by atoms with Crippen molar-refractivity contribution in [3.8, 4) is 0 Å². The van der Waals surface area contributed by atoms with Crippen LogP contribution in [0.2, 0.25) is 5.02 Å². The van der Waals surface area contributed by atoms with E-state index in [0.29, 0.717) is 5.92 Å². The number of amides is 1. The van der Waals surface area contributed by atoms with Crippen molar-refractivity contribution >= 4 is 17.5 Å². The van der Waals surface area contributed by atoms with Crippen molar-refractivity contribution in [2.75, 3.05) is 0 Å². The number of halogens is 1. The molecule has 2 aliphatic rings. The van der Waals surface area contributed by atoms with Crippen molar-refractivity contribution in [1.82, 2.24) is 5.32 Å². The Bertz CT molecular complexity index is 474. The van der Waals surface area contributed by atoms with Gasteiger partial charge in [0.2, 0.25) is 5.91 Å². The number of hydrogen-bond acceptors (Lipinski definition) is 2. The molecule has 4 atom stereocenters. The predicted octanol–water partition coefficient (Wildman–Crippen LogP) is 2.47. The highest BCUT2D eigenvalue weighted by Gasteiger charge is 2.41. The van der Waals surface area contributed by atoms with Gasteiger partial charge in [0.15, 0.2) is 0 Å². The number of carbonyl (C=O) groups excluding carboxylic acids is 1. The van der Waals surface area contributed by atoms with Crippen molar-refractivity contribution in [2.45, 2.75) is 43.7 Å². The average molecular weight is 280 g/mol. The van der Waals surface area contributed by atoms with Crippen LogP contribution in [0.5, 0.6) is 0 Å². The fourth-order valence-corrected chi connectivity index (χ4v) is 3.09. The van der Waals surface area contributed by atoms with E-state index in [1.165, 1.54) is 5.56 Å². The molecule has 0 aromatic heterocycles. The van der Waals surface area contributed by atoms with Gasteiger partial charge in [-0.3, -0.25) is 4.79 Å². The molecule has 0 saturated heterocycles. The van der Waals surface area contributed by atoms with E-state index in [4.69, 9.17) is 11.6 Å². The SMILES string of the molecule is O=C(NC1CC1c1ccc(Cl)cc1)C1CCCC1O. The van der Waals surface area contributed by atoms with Crippen LogP contribution >= 0.6 is 11.6 Å². The average Bonchev–Trinajstić information content (AvgIpc) is 3.01. The summed E-state index contributed by atoms with van der Waals surface area (Å²) in [5.74, 6) is 0.220. The van der Waals surface area contributed by atoms with Gasteiger partial charge < -0.3 is 10.4 Å². The summed E-state index contributed by atoms with van der Waals surface area (Å²) in [6, 6.07) is 8.03. The standard InChI is InChI=1S/C15H18ClNO2/c16-10-6-4-9(5-7-10)12-8-13(12)17-15(19)11-2-1-3-14(11)18/h4-7,11-14,18H,1-3,8H2,(H,17,19). The van der Waals surface area contributed by atoms with Crippen LogP contribution < -0.4 is 5.32 Å². The van der Waals surface area contributed by atoms with Crippen LogP contribution in [0.4, 0.5) is 0 Å². The Labute approximate surface area is 118 Å². The van der Waals surface area contributed by atoms with Crippen LogP contribution in [-0.2, 0) is 4.79 Å². The van der Waals surface area contributed by atoms with Crippen molar-refractivity contribution in [2.24, 2.45) is 5.92 Å². The number of nitrogens with one attached hydrogen (secondary N) is 1. The minimum atomic E-state index is -0.451. The van der Waals surface area contributed by atoms with E-state index in [1.54, 1.807) is 0 Å². The molecule has 19 heavy (non-hydrogen) atoms. The van der Waals surface area contributed by atoms with Crippen molar-refractivity contribution in [3.05, 3.63) is 34.9 Å². The third-order valence-corrected chi connectivity index (χ3v) is 4.48. The van der Waals surface area contributed by atoms with Gasteiger partial charge in [-0.15, -0.1) is 0 Å². The first-order valence-electron chi connectivity index (χ1n) is 6.89. The molecule has 2 fully saturated rings. The molecule has 3 nitrogen and oxygen atoms in total. The Kier molecular flexibility index (Phi) is 3.50. The predicted molar refractivity (Wildman–Crippen MR) is 74.1 cm³/mol. The molecule has 0 spiro atoms. The Morgan fingerprint density at radius 1 is 1.26 bits per heavy atom. The lowest BCUT2D eigenvalue weighted by Gasteiger charge is -2.14. The lowest BCUT2D eigenvalue weighted by Crippen LogP contribution is -2.36. The van der Waals surface area contributed by atoms with Gasteiger partial charge in [-0.2, -0.15) is 0 Å². The molecule has 3 rings (SSSR count). The fourth-order valence-electron chi connectivity index (χ4n) is 2.97. The maximum atomic E-state index is 12.0. The van der Waals surface area contributed by atoms with E-state index in [9.17, 15) is 9.90 Å². The Balaban J connectivity index is 1.55. The number of aliphatic hydroxyl groups is 1. The summed E-state index contributed by atoms with van der Waals surface area (Å²) in [6.07, 6.45) is 3.04. The summed E-state index contributed by atoms with van der Waals surface area (Å²) in [5.41, 5.74) is 1.22. The smallest absolute Gasteiger partial charge is 0.225 e. The zero-order chi connectivity index (χ0) is 13.4. The summed E-state index contributed by atoms with van der Waals surface area (Å²) < 4.78 is 0. The van der Waals surface area contributed by atoms with Gasteiger partial charge in [0, 0.05) is 17.0 Å². The van der Waals surface area contributed by atoms with Crippen molar-refractivity contribution in [3.63, 3.8) is 0 Å². The quantitative estimate of drug-likeness (QED) is 0.893. The van der Waals surface area contributed by atoms with Crippen LogP contribution in [0.25, 0.3) is 0 Å². The Morgan fingerprint density at radius 3 is 2.63 bits per heavy atom. The summed E-state index contributed by atoms with van der Waals surface area (Å²) in [4.78, 5) is 12.0. The first kappa shape index (κ1) is 12.9. The van der Waals surface area contributed by atoms with Gasteiger partial charge >= 0.3 is 0 Å². The van der Waals surface area contributed by atoms with E-state index in [1.807, 2.05) is 24.3 Å². The first-order chi connectivity index (χ1) is 9.15. The highest BCUT2D eigenvalue weighted by atomic mass is 35.5. The summed E-state index contributed by atoms with van der Waals surface area (Å²) in [5, 5.41) is 13.5. The van der Waals surface area contributed by atoms with Crippen molar-refractivity contribution < 1.29 is 9.90 Å². The number of rotatable bonds is 3. The van der Waals surface area contributed by atoms with Gasteiger partial charge in [0.05, 0.1) is 12.0 Å². The summed E-state index contributed by atoms with van der Waals surface area (Å²) in [6.45, 7) is 0. The van der Waals surface area contributed by atoms with E-state index < -0.39 is 6.10 Å². The van der Waals surface area contributed by atoms with Gasteiger partial charge in [-0.1, -0.05) is 23.7 Å². The molecule has 0 aliphatic heterocycles. The van der Waals surface area contributed by atoms with E-state index >= 15 is 0 Å². The minimum absolute atomic E-state index is 0.0199. The highest BCUT2D eigenvalue weighted by molar-refractivity contribution is 6.30. The maximum Gasteiger partial charge on any atom is 0.225 e. The summed E-state index contributed by atoms with van der Waals surface area (Å²) in [7, 11) is 0. The van der Waals surface area contributed by atoms with Gasteiger partial charge in [0.1, 0.15) is 0 Å². The molecule has 1 aromatic rings. The Hall–Kier alpha value is -1.06. The lowest BCUT2D eigenvalue weighted by molar-refractivity contribution is -0.127. The van der Waals surface area contributed by atoms with Gasteiger partial charge in [-0.25, -0.2) is 0 Å². The van der Waals surface area contributed by atoms with Crippen LogP contribution in [0, 0.1) is 5.92 Å². The third-order valence-electron chi connectivity index (χ3n) is 4.23. The second-order valence-electron chi connectivity index (χ2n) is 5.61. The van der Waals surface area contributed by atoms with Gasteiger partial charge in [0.25, 0.3) is 0 Å². The molecule has 0 bridgehead atoms. The zero-order valence-electron chi connectivity index (χ0n) is 10.7. The molecular weight excluding hydrogens is 262 g/mol. The molecule has 2 saturated carbocycles. The number of hydrogen-bond donors (Lipinski definition) is 2. The number of carbonyl (C=O) groups is 1. The molecule has 0 heterocycles. The number of aliphatic hydroxyl groups excluding tert-OH is 1. The molecule has 1 aromatic carbocycles. The van der Waals surface area contributed by atoms with E-state index in [-0.39, 0.29) is 17.9 Å². The number of benzene rings is 1. The van der Waals surface area contributed by atoms with Crippen LogP contribution in [0.1, 0.15) is 37.2 Å². The van der Waals surface area contributed by atoms with E-state index in [0.717, 1.165) is 30.7 Å². The first-order valence-corrected chi connectivity index (χ1v) is 7.27. The Morgan fingerprint density at radius 2 is 2.00 bits per heavy atom. The molecule has 1 amide bonds. The second kappa shape index (κ2) is 5.14. The highest BCUT2D eigenvalue weighted by Crippen LogP contribution is 2.41. The van der Waals surface area contributed by atoms with Crippen LogP contribution in [0.15, 0.2) is 24.3 Å². The molecule has 4 heteroatoms. The van der Waals surface area contributed by atoms with E-state index in [2.05, 4.69) is 5.32 Å². The fraction of sp³-hybridized carbons (Fsp3) is 0.533. The largest absolute Gasteiger partial charge is 0.392 e. The van der Waals surface area contributed by atoms with Crippen molar-refractivity contribution in [1.29, 1.82) is 0 Å². The monoisotopic (exact) mass is 279 g/mol. The van der Waals surface area contributed by atoms with Crippen LogP contribution in [-0.4, -0.2) is 23.2 Å². The zero-order valence-corrected chi connectivity index (χ0v) is 11.4. The molecule has 102 valence electrons. The van der Waals surface area contributed by atoms with Gasteiger partial charge in [-0.05, 0) is 43.4 Å². The normalized spacial score (nSPS) is 33.2. The third kappa shape index (κ3) is 2.77. The molecule has 4 unspecified atom stereocenters. The lowest BCUT2D eigenvalue weighted by atomic mass is 10.1. The summed E-state index contributed by atoms with van der Waals surface area (Å²) >= 11 is 5.86. The molecule has 0 radical (unpaired) electrons. The second-order valence-corrected chi connectivity index (χ2v) is 6.05. The van der Waals surface area contributed by atoms with Crippen LogP contribution in [0.3, 0.4) is 0 Å². The molecule has 2 N–H and O–H groups in total. The topological polar surface area (TPSA) is 49.3 Å². The minimum Gasteiger partial charge on any atom is -0.392 e. The maximum absolute atomic E-state index is 12.0. The molecule has 2 aliphatic carbocycles. The molecular formula is C15H18ClNO2.